The van der Waals surface area contributed by atoms with Crippen molar-refractivity contribution in [1.82, 2.24) is 0 Å². The van der Waals surface area contributed by atoms with Gasteiger partial charge in [-0.2, -0.15) is 0 Å². The maximum atomic E-state index is 10.6. The molecule has 0 saturated heterocycles. The van der Waals surface area contributed by atoms with Crippen molar-refractivity contribution in [2.24, 2.45) is 0 Å². The number of carboxylic acids is 1. The molecule has 0 radical (unpaired) electrons. The van der Waals surface area contributed by atoms with E-state index in [4.69, 9.17) is 16.7 Å². The van der Waals surface area contributed by atoms with Crippen molar-refractivity contribution in [1.29, 1.82) is 0 Å². The van der Waals surface area contributed by atoms with Crippen LogP contribution in [0.25, 0.3) is 10.8 Å². The first-order valence-electron chi connectivity index (χ1n) is 5.13. The molecule has 0 aromatic heterocycles. The van der Waals surface area contributed by atoms with Crippen LogP contribution in [0.15, 0.2) is 41.3 Å². The van der Waals surface area contributed by atoms with Crippen LogP contribution >= 0.6 is 23.4 Å². The molecule has 0 bridgehead atoms. The smallest absolute Gasteiger partial charge is 0.313 e. The Kier molecular flexibility index (Phi) is 3.92. The molecular weight excluding hydrogens is 256 g/mol. The molecule has 0 unspecified atom stereocenters. The number of halogens is 1. The van der Waals surface area contributed by atoms with E-state index in [1.165, 1.54) is 11.8 Å². The molecule has 2 aromatic rings. The molecule has 0 fully saturated rings. The third-order valence-electron chi connectivity index (χ3n) is 2.45. The zero-order chi connectivity index (χ0) is 12.3. The number of aliphatic carboxylic acids is 1. The van der Waals surface area contributed by atoms with Gasteiger partial charge in [0.05, 0.1) is 5.75 Å². The van der Waals surface area contributed by atoms with Crippen molar-refractivity contribution in [3.8, 4) is 0 Å². The van der Waals surface area contributed by atoms with Crippen LogP contribution in [0, 0.1) is 0 Å². The maximum Gasteiger partial charge on any atom is 0.313 e. The molecule has 0 saturated carbocycles. The van der Waals surface area contributed by atoms with Crippen LogP contribution in [-0.4, -0.2) is 16.8 Å². The fraction of sp³-hybridized carbons (Fsp3) is 0.154. The van der Waals surface area contributed by atoms with Crippen LogP contribution in [0.4, 0.5) is 0 Å². The monoisotopic (exact) mass is 266 g/mol. The number of hydrogen-bond donors (Lipinski definition) is 1. The van der Waals surface area contributed by atoms with E-state index in [1.807, 2.05) is 36.4 Å². The van der Waals surface area contributed by atoms with E-state index in [1.54, 1.807) is 0 Å². The van der Waals surface area contributed by atoms with Gasteiger partial charge in [0.15, 0.2) is 0 Å². The molecule has 2 rings (SSSR count). The second-order valence-corrected chi connectivity index (χ2v) is 4.87. The largest absolute Gasteiger partial charge is 0.481 e. The minimum Gasteiger partial charge on any atom is -0.481 e. The normalized spacial score (nSPS) is 10.6. The third-order valence-corrected chi connectivity index (χ3v) is 3.78. The Bertz CT molecular complexity index is 549. The van der Waals surface area contributed by atoms with Gasteiger partial charge >= 0.3 is 5.97 Å². The zero-order valence-electron chi connectivity index (χ0n) is 9.02. The summed E-state index contributed by atoms with van der Waals surface area (Å²) in [6, 6.07) is 11.8. The highest BCUT2D eigenvalue weighted by molar-refractivity contribution is 8.00. The Morgan fingerprint density at radius 2 is 1.94 bits per heavy atom. The van der Waals surface area contributed by atoms with Crippen molar-refractivity contribution >= 4 is 40.1 Å². The van der Waals surface area contributed by atoms with Gasteiger partial charge in [0.25, 0.3) is 0 Å². The Hall–Kier alpha value is -1.19. The predicted molar refractivity (Wildman–Crippen MR) is 71.9 cm³/mol. The molecule has 1 N–H and O–H groups in total. The van der Waals surface area contributed by atoms with Gasteiger partial charge in [0, 0.05) is 10.8 Å². The summed E-state index contributed by atoms with van der Waals surface area (Å²) in [5.41, 5.74) is 1.04. The Balaban J connectivity index is 2.50. The van der Waals surface area contributed by atoms with Crippen molar-refractivity contribution in [2.45, 2.75) is 10.8 Å². The lowest BCUT2D eigenvalue weighted by atomic mass is 10.1. The van der Waals surface area contributed by atoms with Gasteiger partial charge < -0.3 is 5.11 Å². The number of carboxylic acid groups (broad SMARTS) is 1. The molecule has 0 amide bonds. The van der Waals surface area contributed by atoms with Crippen molar-refractivity contribution < 1.29 is 9.90 Å². The van der Waals surface area contributed by atoms with E-state index in [-0.39, 0.29) is 5.75 Å². The topological polar surface area (TPSA) is 37.3 Å². The van der Waals surface area contributed by atoms with Crippen molar-refractivity contribution in [2.75, 3.05) is 5.75 Å². The summed E-state index contributed by atoms with van der Waals surface area (Å²) in [5.74, 6) is -0.312. The highest BCUT2D eigenvalue weighted by Gasteiger charge is 2.07. The molecule has 17 heavy (non-hydrogen) atoms. The standard InChI is InChI=1S/C13H11ClO2S/c14-7-10-5-1-3-9-4-2-6-11(13(9)10)17-8-12(15)16/h1-6H,7-8H2,(H,15,16). The Morgan fingerprint density at radius 3 is 2.59 bits per heavy atom. The van der Waals surface area contributed by atoms with E-state index in [0.29, 0.717) is 5.88 Å². The van der Waals surface area contributed by atoms with E-state index in [2.05, 4.69) is 0 Å². The SMILES string of the molecule is O=C(O)CSc1cccc2cccc(CCl)c12. The van der Waals surface area contributed by atoms with Gasteiger partial charge in [-0.25, -0.2) is 0 Å². The molecule has 88 valence electrons. The lowest BCUT2D eigenvalue weighted by Gasteiger charge is -2.08. The predicted octanol–water partition coefficient (Wildman–Crippen LogP) is 3.76. The molecule has 0 aliphatic rings. The highest BCUT2D eigenvalue weighted by Crippen LogP contribution is 2.31. The van der Waals surface area contributed by atoms with Crippen molar-refractivity contribution in [3.05, 3.63) is 42.0 Å². The van der Waals surface area contributed by atoms with Gasteiger partial charge in [-0.3, -0.25) is 4.79 Å². The molecule has 0 aliphatic heterocycles. The molecule has 2 aromatic carbocycles. The van der Waals surface area contributed by atoms with Crippen molar-refractivity contribution in [3.63, 3.8) is 0 Å². The first kappa shape index (κ1) is 12.3. The number of carbonyl (C=O) groups is 1. The van der Waals surface area contributed by atoms with Crippen LogP contribution < -0.4 is 0 Å². The molecule has 0 spiro atoms. The molecule has 4 heteroatoms. The number of fused-ring (bicyclic) bond motifs is 1. The Labute approximate surface area is 109 Å². The van der Waals surface area contributed by atoms with Crippen LogP contribution in [0.2, 0.25) is 0 Å². The first-order valence-corrected chi connectivity index (χ1v) is 6.65. The maximum absolute atomic E-state index is 10.6. The first-order chi connectivity index (χ1) is 8.22. The molecule has 2 nitrogen and oxygen atoms in total. The minimum absolute atomic E-state index is 0.0652. The average Bonchev–Trinajstić information content (AvgIpc) is 2.35. The fourth-order valence-electron chi connectivity index (χ4n) is 1.75. The van der Waals surface area contributed by atoms with E-state index >= 15 is 0 Å². The lowest BCUT2D eigenvalue weighted by Crippen LogP contribution is -1.97. The van der Waals surface area contributed by atoms with Gasteiger partial charge in [-0.1, -0.05) is 30.3 Å². The third kappa shape index (κ3) is 2.73. The number of rotatable bonds is 4. The van der Waals surface area contributed by atoms with E-state index in [9.17, 15) is 4.79 Å². The van der Waals surface area contributed by atoms with Crippen LogP contribution in [0.3, 0.4) is 0 Å². The summed E-state index contributed by atoms with van der Waals surface area (Å²) >= 11 is 7.24. The number of hydrogen-bond acceptors (Lipinski definition) is 2. The zero-order valence-corrected chi connectivity index (χ0v) is 10.6. The molecule has 0 aliphatic carbocycles. The highest BCUT2D eigenvalue weighted by atomic mass is 35.5. The molecule has 0 atom stereocenters. The summed E-state index contributed by atoms with van der Waals surface area (Å²) < 4.78 is 0. The van der Waals surface area contributed by atoms with E-state index in [0.717, 1.165) is 21.2 Å². The lowest BCUT2D eigenvalue weighted by molar-refractivity contribution is -0.133. The van der Waals surface area contributed by atoms with Crippen LogP contribution in [-0.2, 0) is 10.7 Å². The minimum atomic E-state index is -0.810. The average molecular weight is 267 g/mol. The number of benzene rings is 2. The fourth-order valence-corrected chi connectivity index (χ4v) is 2.82. The summed E-state index contributed by atoms with van der Waals surface area (Å²) in [6.07, 6.45) is 0. The van der Waals surface area contributed by atoms with Gasteiger partial charge in [-0.05, 0) is 22.4 Å². The summed E-state index contributed by atoms with van der Waals surface area (Å²) in [5, 5.41) is 10.9. The quantitative estimate of drug-likeness (QED) is 0.676. The van der Waals surface area contributed by atoms with Gasteiger partial charge in [-0.15, -0.1) is 23.4 Å². The molecular formula is C13H11ClO2S. The Morgan fingerprint density at radius 1 is 1.24 bits per heavy atom. The van der Waals surface area contributed by atoms with E-state index < -0.39 is 5.97 Å². The van der Waals surface area contributed by atoms with Gasteiger partial charge in [0.1, 0.15) is 0 Å². The number of alkyl halides is 1. The number of thioether (sulfide) groups is 1. The van der Waals surface area contributed by atoms with Crippen LogP contribution in [0.1, 0.15) is 5.56 Å². The summed E-state index contributed by atoms with van der Waals surface area (Å²) in [4.78, 5) is 11.6. The van der Waals surface area contributed by atoms with Gasteiger partial charge in [0.2, 0.25) is 0 Å². The van der Waals surface area contributed by atoms with Crippen LogP contribution in [0.5, 0.6) is 0 Å². The molecule has 0 heterocycles. The summed E-state index contributed by atoms with van der Waals surface area (Å²) in [7, 11) is 0. The summed E-state index contributed by atoms with van der Waals surface area (Å²) in [6.45, 7) is 0. The second kappa shape index (κ2) is 5.43. The second-order valence-electron chi connectivity index (χ2n) is 3.59.